The fraction of sp³-hybridized carbons (Fsp3) is 0.909. The molecule has 0 aliphatic carbocycles. The largest absolute Gasteiger partial charge is 0.388 e. The van der Waals surface area contributed by atoms with Crippen molar-refractivity contribution in [3.05, 3.63) is 0 Å². The quantitative estimate of drug-likeness (QED) is 0.679. The summed E-state index contributed by atoms with van der Waals surface area (Å²) in [4.78, 5) is 2.19. The molecule has 15 heavy (non-hydrogen) atoms. The van der Waals surface area contributed by atoms with Gasteiger partial charge >= 0.3 is 0 Å². The second-order valence-electron chi connectivity index (χ2n) is 4.83. The molecule has 0 aromatic carbocycles. The maximum absolute atomic E-state index is 10.6. The summed E-state index contributed by atoms with van der Waals surface area (Å²) in [5, 5.41) is 19.9. The Bertz CT molecular complexity index is 271. The summed E-state index contributed by atoms with van der Waals surface area (Å²) in [5.41, 5.74) is -1.50. The van der Waals surface area contributed by atoms with Gasteiger partial charge in [-0.3, -0.25) is 0 Å². The van der Waals surface area contributed by atoms with Gasteiger partial charge in [-0.15, -0.1) is 0 Å². The van der Waals surface area contributed by atoms with Crippen LogP contribution in [-0.4, -0.2) is 49.0 Å². The van der Waals surface area contributed by atoms with E-state index in [4.69, 9.17) is 4.74 Å². The van der Waals surface area contributed by atoms with E-state index in [1.54, 1.807) is 0 Å². The molecule has 1 atom stereocenters. The smallest absolute Gasteiger partial charge is 0.111 e. The van der Waals surface area contributed by atoms with Crippen LogP contribution in [0.5, 0.6) is 0 Å². The molecule has 0 amide bonds. The highest BCUT2D eigenvalue weighted by Crippen LogP contribution is 2.44. The van der Waals surface area contributed by atoms with E-state index in [9.17, 15) is 10.4 Å². The minimum atomic E-state index is -0.842. The fourth-order valence-electron chi connectivity index (χ4n) is 2.59. The van der Waals surface area contributed by atoms with Gasteiger partial charge in [0.25, 0.3) is 0 Å². The van der Waals surface area contributed by atoms with Crippen LogP contribution in [-0.2, 0) is 4.74 Å². The van der Waals surface area contributed by atoms with Crippen molar-refractivity contribution >= 4 is 0 Å². The van der Waals surface area contributed by atoms with Crippen molar-refractivity contribution in [2.45, 2.75) is 24.9 Å². The van der Waals surface area contributed by atoms with Gasteiger partial charge < -0.3 is 14.7 Å². The van der Waals surface area contributed by atoms with Crippen molar-refractivity contribution < 1.29 is 9.84 Å². The molecule has 2 heterocycles. The fourth-order valence-corrected chi connectivity index (χ4v) is 2.59. The SMILES string of the molecule is CN1CCC(O)(C2(C#N)CCOC2)CC1. The first-order valence-electron chi connectivity index (χ1n) is 5.52. The molecule has 0 aromatic heterocycles. The van der Waals surface area contributed by atoms with E-state index in [1.807, 2.05) is 7.05 Å². The molecule has 2 saturated heterocycles. The number of rotatable bonds is 1. The van der Waals surface area contributed by atoms with Crippen LogP contribution in [0, 0.1) is 16.7 Å². The van der Waals surface area contributed by atoms with Crippen LogP contribution in [0.3, 0.4) is 0 Å². The Morgan fingerprint density at radius 1 is 1.33 bits per heavy atom. The third-order valence-corrected chi connectivity index (χ3v) is 3.94. The molecule has 0 radical (unpaired) electrons. The predicted molar refractivity (Wildman–Crippen MR) is 55.2 cm³/mol. The molecular formula is C11H18N2O2. The highest BCUT2D eigenvalue weighted by atomic mass is 16.5. The monoisotopic (exact) mass is 210 g/mol. The number of piperidine rings is 1. The van der Waals surface area contributed by atoms with E-state index < -0.39 is 11.0 Å². The molecule has 2 fully saturated rings. The summed E-state index contributed by atoms with van der Waals surface area (Å²) >= 11 is 0. The molecule has 0 aromatic rings. The molecule has 1 N–H and O–H groups in total. The number of likely N-dealkylation sites (tertiary alicyclic amines) is 1. The van der Waals surface area contributed by atoms with Crippen LogP contribution < -0.4 is 0 Å². The van der Waals surface area contributed by atoms with Crippen LogP contribution in [0.2, 0.25) is 0 Å². The standard InChI is InChI=1S/C11H18N2O2/c1-13-5-2-11(14,3-6-13)10(8-12)4-7-15-9-10/h14H,2-7,9H2,1H3. The molecule has 1 unspecified atom stereocenters. The first kappa shape index (κ1) is 10.9. The lowest BCUT2D eigenvalue weighted by Gasteiger charge is -2.44. The molecule has 2 aliphatic heterocycles. The van der Waals surface area contributed by atoms with Crippen LogP contribution in [0.15, 0.2) is 0 Å². The average Bonchev–Trinajstić information content (AvgIpc) is 2.73. The highest BCUT2D eigenvalue weighted by Gasteiger charge is 2.53. The minimum Gasteiger partial charge on any atom is -0.388 e. The van der Waals surface area contributed by atoms with Gasteiger partial charge in [0, 0.05) is 19.7 Å². The van der Waals surface area contributed by atoms with Crippen molar-refractivity contribution in [2.75, 3.05) is 33.4 Å². The summed E-state index contributed by atoms with van der Waals surface area (Å²) in [6.45, 7) is 2.72. The zero-order valence-electron chi connectivity index (χ0n) is 9.20. The van der Waals surface area contributed by atoms with Crippen LogP contribution in [0.1, 0.15) is 19.3 Å². The third-order valence-electron chi connectivity index (χ3n) is 3.94. The first-order valence-corrected chi connectivity index (χ1v) is 5.52. The predicted octanol–water partition coefficient (Wildman–Crippen LogP) is 0.373. The zero-order chi connectivity index (χ0) is 10.9. The lowest BCUT2D eigenvalue weighted by molar-refractivity contribution is -0.0948. The van der Waals surface area contributed by atoms with Gasteiger partial charge in [0.15, 0.2) is 0 Å². The minimum absolute atomic E-state index is 0.393. The Labute approximate surface area is 90.4 Å². The number of hydrogen-bond donors (Lipinski definition) is 1. The van der Waals surface area contributed by atoms with Gasteiger partial charge in [-0.1, -0.05) is 0 Å². The van der Waals surface area contributed by atoms with Crippen LogP contribution >= 0.6 is 0 Å². The Balaban J connectivity index is 2.17. The van der Waals surface area contributed by atoms with E-state index in [0.717, 1.165) is 13.1 Å². The summed E-state index contributed by atoms with van der Waals surface area (Å²) in [6.07, 6.45) is 2.03. The normalized spacial score (nSPS) is 36.3. The zero-order valence-corrected chi connectivity index (χ0v) is 9.20. The molecule has 2 aliphatic rings. The Hall–Kier alpha value is -0.630. The van der Waals surface area contributed by atoms with Crippen molar-refractivity contribution in [3.8, 4) is 6.07 Å². The first-order chi connectivity index (χ1) is 7.12. The number of nitriles is 1. The summed E-state index contributed by atoms with van der Waals surface area (Å²) in [5.74, 6) is 0. The van der Waals surface area contributed by atoms with E-state index in [2.05, 4.69) is 11.0 Å². The highest BCUT2D eigenvalue weighted by molar-refractivity contribution is 5.14. The van der Waals surface area contributed by atoms with Crippen molar-refractivity contribution in [1.82, 2.24) is 4.90 Å². The molecule has 84 valence electrons. The van der Waals surface area contributed by atoms with E-state index >= 15 is 0 Å². The van der Waals surface area contributed by atoms with Crippen LogP contribution in [0.4, 0.5) is 0 Å². The molecule has 0 spiro atoms. The van der Waals surface area contributed by atoms with Gasteiger partial charge in [-0.25, -0.2) is 0 Å². The molecule has 0 saturated carbocycles. The lowest BCUT2D eigenvalue weighted by atomic mass is 9.67. The van der Waals surface area contributed by atoms with Crippen molar-refractivity contribution in [2.24, 2.45) is 5.41 Å². The number of ether oxygens (including phenoxy) is 1. The van der Waals surface area contributed by atoms with Crippen LogP contribution in [0.25, 0.3) is 0 Å². The molecule has 4 heteroatoms. The molecule has 2 rings (SSSR count). The van der Waals surface area contributed by atoms with E-state index in [0.29, 0.717) is 32.5 Å². The van der Waals surface area contributed by atoms with Gasteiger partial charge in [-0.05, 0) is 26.3 Å². The van der Waals surface area contributed by atoms with Crippen molar-refractivity contribution in [1.29, 1.82) is 5.26 Å². The van der Waals surface area contributed by atoms with Crippen molar-refractivity contribution in [3.63, 3.8) is 0 Å². The third kappa shape index (κ3) is 1.65. The lowest BCUT2D eigenvalue weighted by Crippen LogP contribution is -2.54. The summed E-state index contributed by atoms with van der Waals surface area (Å²) in [6, 6.07) is 2.31. The Morgan fingerprint density at radius 3 is 2.47 bits per heavy atom. The summed E-state index contributed by atoms with van der Waals surface area (Å²) < 4.78 is 5.30. The number of nitrogens with zero attached hydrogens (tertiary/aromatic N) is 2. The average molecular weight is 210 g/mol. The number of hydrogen-bond acceptors (Lipinski definition) is 4. The maximum Gasteiger partial charge on any atom is 0.111 e. The number of aliphatic hydroxyl groups is 1. The van der Waals surface area contributed by atoms with Gasteiger partial charge in [0.05, 0.1) is 18.3 Å². The Kier molecular flexibility index (Phi) is 2.72. The van der Waals surface area contributed by atoms with E-state index in [1.165, 1.54) is 0 Å². The maximum atomic E-state index is 10.6. The van der Waals surface area contributed by atoms with E-state index in [-0.39, 0.29) is 0 Å². The van der Waals surface area contributed by atoms with Gasteiger partial charge in [0.2, 0.25) is 0 Å². The molecule has 0 bridgehead atoms. The Morgan fingerprint density at radius 2 is 2.00 bits per heavy atom. The van der Waals surface area contributed by atoms with Gasteiger partial charge in [0.1, 0.15) is 5.41 Å². The molecule has 4 nitrogen and oxygen atoms in total. The topological polar surface area (TPSA) is 56.5 Å². The second kappa shape index (κ2) is 3.75. The molecular weight excluding hydrogens is 192 g/mol. The van der Waals surface area contributed by atoms with Gasteiger partial charge in [-0.2, -0.15) is 5.26 Å². The second-order valence-corrected chi connectivity index (χ2v) is 4.83. The summed E-state index contributed by atoms with van der Waals surface area (Å²) in [7, 11) is 2.05.